The van der Waals surface area contributed by atoms with Crippen molar-refractivity contribution < 1.29 is 9.53 Å². The van der Waals surface area contributed by atoms with Gasteiger partial charge < -0.3 is 9.64 Å². The fourth-order valence-corrected chi connectivity index (χ4v) is 2.72. The molecule has 24 heavy (non-hydrogen) atoms. The van der Waals surface area contributed by atoms with Crippen molar-refractivity contribution in [3.05, 3.63) is 58.6 Å². The fourth-order valence-electron chi connectivity index (χ4n) is 2.52. The Labute approximate surface area is 149 Å². The molecule has 0 unspecified atom stereocenters. The summed E-state index contributed by atoms with van der Waals surface area (Å²) in [6, 6.07) is 9.71. The number of hydrogen-bond acceptors (Lipinski definition) is 5. The number of amides is 1. The lowest BCUT2D eigenvalue weighted by Gasteiger charge is -2.33. The zero-order valence-corrected chi connectivity index (χ0v) is 14.9. The van der Waals surface area contributed by atoms with Gasteiger partial charge in [0.25, 0.3) is 0 Å². The molecule has 0 aliphatic carbocycles. The van der Waals surface area contributed by atoms with E-state index in [0.29, 0.717) is 26.2 Å². The molecule has 126 valence electrons. The van der Waals surface area contributed by atoms with Gasteiger partial charge in [-0.15, -0.1) is 0 Å². The van der Waals surface area contributed by atoms with Crippen LogP contribution < -0.4 is 0 Å². The molecule has 0 radical (unpaired) electrons. The molecule has 2 heterocycles. The lowest BCUT2D eigenvalue weighted by molar-refractivity contribution is 0.0695. The molecule has 2 aromatic rings. The van der Waals surface area contributed by atoms with Crippen LogP contribution in [0.5, 0.6) is 0 Å². The van der Waals surface area contributed by atoms with Crippen molar-refractivity contribution >= 4 is 22.0 Å². The summed E-state index contributed by atoms with van der Waals surface area (Å²) in [6.07, 6.45) is 3.25. The third kappa shape index (κ3) is 4.75. The van der Waals surface area contributed by atoms with E-state index in [1.54, 1.807) is 17.3 Å². The Kier molecular flexibility index (Phi) is 5.77. The number of rotatable bonds is 4. The molecule has 1 amide bonds. The highest BCUT2D eigenvalue weighted by atomic mass is 79.9. The van der Waals surface area contributed by atoms with Crippen LogP contribution in [0.2, 0.25) is 0 Å². The van der Waals surface area contributed by atoms with Crippen molar-refractivity contribution in [2.75, 3.05) is 26.2 Å². The van der Waals surface area contributed by atoms with Gasteiger partial charge in [0, 0.05) is 38.6 Å². The Bertz CT molecular complexity index is 658. The number of benzene rings is 1. The zero-order valence-electron chi connectivity index (χ0n) is 13.3. The maximum absolute atomic E-state index is 12.1. The maximum Gasteiger partial charge on any atom is 0.410 e. The standard InChI is InChI=1S/C17H19BrN4O2/c18-15-10-19-16(20-11-15)12-21-6-8-22(9-7-21)17(23)24-13-14-4-2-1-3-5-14/h1-5,10-11H,6-9,12-13H2. The van der Waals surface area contributed by atoms with Crippen molar-refractivity contribution in [2.45, 2.75) is 13.2 Å². The summed E-state index contributed by atoms with van der Waals surface area (Å²) >= 11 is 3.33. The van der Waals surface area contributed by atoms with E-state index in [-0.39, 0.29) is 6.09 Å². The normalized spacial score (nSPS) is 15.3. The van der Waals surface area contributed by atoms with Gasteiger partial charge in [0.2, 0.25) is 0 Å². The van der Waals surface area contributed by atoms with E-state index in [9.17, 15) is 4.79 Å². The third-order valence-corrected chi connectivity index (χ3v) is 4.28. The minimum absolute atomic E-state index is 0.251. The average Bonchev–Trinajstić information content (AvgIpc) is 2.63. The van der Waals surface area contributed by atoms with Gasteiger partial charge in [-0.2, -0.15) is 0 Å². The van der Waals surface area contributed by atoms with Crippen LogP contribution in [0.25, 0.3) is 0 Å². The SMILES string of the molecule is O=C(OCc1ccccc1)N1CCN(Cc2ncc(Br)cn2)CC1. The second-order valence-corrected chi connectivity index (χ2v) is 6.54. The van der Waals surface area contributed by atoms with Crippen LogP contribution in [0.4, 0.5) is 4.79 Å². The number of ether oxygens (including phenoxy) is 1. The summed E-state index contributed by atoms with van der Waals surface area (Å²) in [5, 5.41) is 0. The van der Waals surface area contributed by atoms with E-state index in [0.717, 1.165) is 29.0 Å². The highest BCUT2D eigenvalue weighted by Crippen LogP contribution is 2.10. The molecule has 1 saturated heterocycles. The monoisotopic (exact) mass is 390 g/mol. The number of piperazine rings is 1. The average molecular weight is 391 g/mol. The molecule has 7 heteroatoms. The first-order chi connectivity index (χ1) is 11.7. The van der Waals surface area contributed by atoms with Crippen molar-refractivity contribution in [1.29, 1.82) is 0 Å². The Morgan fingerprint density at radius 3 is 2.42 bits per heavy atom. The second kappa shape index (κ2) is 8.21. The molecule has 0 saturated carbocycles. The Morgan fingerprint density at radius 2 is 1.75 bits per heavy atom. The first-order valence-electron chi connectivity index (χ1n) is 7.85. The molecule has 6 nitrogen and oxygen atoms in total. The predicted octanol–water partition coefficient (Wildman–Crippen LogP) is 2.69. The van der Waals surface area contributed by atoms with E-state index in [4.69, 9.17) is 4.74 Å². The lowest BCUT2D eigenvalue weighted by atomic mass is 10.2. The molecule has 1 aromatic heterocycles. The fraction of sp³-hybridized carbons (Fsp3) is 0.353. The molecule has 1 aromatic carbocycles. The van der Waals surface area contributed by atoms with Crippen LogP contribution in [0, 0.1) is 0 Å². The quantitative estimate of drug-likeness (QED) is 0.802. The molecule has 1 aliphatic rings. The van der Waals surface area contributed by atoms with Crippen LogP contribution in [0.3, 0.4) is 0 Å². The largest absolute Gasteiger partial charge is 0.445 e. The van der Waals surface area contributed by atoms with Crippen LogP contribution in [0.15, 0.2) is 47.2 Å². The summed E-state index contributed by atoms with van der Waals surface area (Å²) < 4.78 is 6.25. The van der Waals surface area contributed by atoms with E-state index >= 15 is 0 Å². The Balaban J connectivity index is 1.42. The highest BCUT2D eigenvalue weighted by molar-refractivity contribution is 9.10. The molecule has 1 aliphatic heterocycles. The van der Waals surface area contributed by atoms with Crippen LogP contribution in [0.1, 0.15) is 11.4 Å². The second-order valence-electron chi connectivity index (χ2n) is 5.62. The van der Waals surface area contributed by atoms with Gasteiger partial charge in [-0.25, -0.2) is 14.8 Å². The molecular weight excluding hydrogens is 372 g/mol. The molecule has 0 bridgehead atoms. The maximum atomic E-state index is 12.1. The van der Waals surface area contributed by atoms with Gasteiger partial charge in [-0.3, -0.25) is 4.90 Å². The van der Waals surface area contributed by atoms with Crippen molar-refractivity contribution in [2.24, 2.45) is 0 Å². The topological polar surface area (TPSA) is 58.6 Å². The number of halogens is 1. The number of aromatic nitrogens is 2. The summed E-state index contributed by atoms with van der Waals surface area (Å²) in [6.45, 7) is 3.90. The molecule has 3 rings (SSSR count). The van der Waals surface area contributed by atoms with Crippen LogP contribution in [-0.2, 0) is 17.9 Å². The predicted molar refractivity (Wildman–Crippen MR) is 93.2 cm³/mol. The van der Waals surface area contributed by atoms with E-state index in [1.165, 1.54) is 0 Å². The number of carbonyl (C=O) groups is 1. The summed E-state index contributed by atoms with van der Waals surface area (Å²) in [5.74, 6) is 0.790. The van der Waals surface area contributed by atoms with Gasteiger partial charge in [-0.05, 0) is 21.5 Å². The smallest absolute Gasteiger partial charge is 0.410 e. The minimum Gasteiger partial charge on any atom is -0.445 e. The summed E-state index contributed by atoms with van der Waals surface area (Å²) in [5.41, 5.74) is 0.997. The molecule has 1 fully saturated rings. The molecular formula is C17H19BrN4O2. The highest BCUT2D eigenvalue weighted by Gasteiger charge is 2.22. The lowest BCUT2D eigenvalue weighted by Crippen LogP contribution is -2.48. The molecule has 0 N–H and O–H groups in total. The van der Waals surface area contributed by atoms with Crippen molar-refractivity contribution in [3.63, 3.8) is 0 Å². The first-order valence-corrected chi connectivity index (χ1v) is 8.64. The minimum atomic E-state index is -0.251. The van der Waals surface area contributed by atoms with Crippen LogP contribution in [-0.4, -0.2) is 52.0 Å². The first kappa shape index (κ1) is 16.9. The Morgan fingerprint density at radius 1 is 1.08 bits per heavy atom. The zero-order chi connectivity index (χ0) is 16.8. The van der Waals surface area contributed by atoms with Gasteiger partial charge >= 0.3 is 6.09 Å². The van der Waals surface area contributed by atoms with Crippen LogP contribution >= 0.6 is 15.9 Å². The molecule has 0 spiro atoms. The van der Waals surface area contributed by atoms with E-state index in [1.807, 2.05) is 30.3 Å². The number of carbonyl (C=O) groups excluding carboxylic acids is 1. The Hall–Kier alpha value is -1.99. The third-order valence-electron chi connectivity index (χ3n) is 3.87. The molecule has 0 atom stereocenters. The van der Waals surface area contributed by atoms with Crippen molar-refractivity contribution in [1.82, 2.24) is 19.8 Å². The summed E-state index contributed by atoms with van der Waals surface area (Å²) in [4.78, 5) is 24.7. The van der Waals surface area contributed by atoms with E-state index < -0.39 is 0 Å². The van der Waals surface area contributed by atoms with Gasteiger partial charge in [0.1, 0.15) is 12.4 Å². The van der Waals surface area contributed by atoms with Gasteiger partial charge in [0.15, 0.2) is 0 Å². The van der Waals surface area contributed by atoms with Crippen molar-refractivity contribution in [3.8, 4) is 0 Å². The summed E-state index contributed by atoms with van der Waals surface area (Å²) in [7, 11) is 0. The van der Waals surface area contributed by atoms with Gasteiger partial charge in [-0.1, -0.05) is 30.3 Å². The number of hydrogen-bond donors (Lipinski definition) is 0. The van der Waals surface area contributed by atoms with Gasteiger partial charge in [0.05, 0.1) is 11.0 Å². The number of nitrogens with zero attached hydrogens (tertiary/aromatic N) is 4. The van der Waals surface area contributed by atoms with E-state index in [2.05, 4.69) is 30.8 Å².